The molecule has 19 heavy (non-hydrogen) atoms. The minimum atomic E-state index is 0.505. The van der Waals surface area contributed by atoms with Crippen molar-refractivity contribution < 1.29 is 14.7 Å². The molecule has 0 aliphatic carbocycles. The molecule has 4 nitrogen and oxygen atoms in total. The smallest absolute Gasteiger partial charge is 0.118 e. The summed E-state index contributed by atoms with van der Waals surface area (Å²) < 4.78 is 10.2. The van der Waals surface area contributed by atoms with Crippen LogP contribution in [-0.2, 0) is 0 Å². The summed E-state index contributed by atoms with van der Waals surface area (Å²) >= 11 is 0. The zero-order valence-corrected chi connectivity index (χ0v) is 10.8. The van der Waals surface area contributed by atoms with Crippen molar-refractivity contribution in [2.45, 2.75) is 0 Å². The van der Waals surface area contributed by atoms with Crippen molar-refractivity contribution in [1.29, 1.82) is 0 Å². The molecule has 0 aliphatic heterocycles. The highest BCUT2D eigenvalue weighted by atomic mass is 16.5. The van der Waals surface area contributed by atoms with Gasteiger partial charge in [0.25, 0.3) is 0 Å². The molecule has 2 rings (SSSR count). The third-order valence-electron chi connectivity index (χ3n) is 2.83. The maximum Gasteiger partial charge on any atom is 0.118 e. The lowest BCUT2D eigenvalue weighted by Crippen LogP contribution is -2.03. The molecule has 4 heteroatoms. The fraction of sp³-hybridized carbons (Fsp3) is 0.133. The topological polar surface area (TPSA) is 51.0 Å². The molecule has 0 saturated heterocycles. The van der Waals surface area contributed by atoms with E-state index in [4.69, 9.17) is 9.47 Å². The van der Waals surface area contributed by atoms with Crippen LogP contribution in [0, 0.1) is 0 Å². The number of rotatable bonds is 4. The number of nitrogens with zero attached hydrogens (tertiary/aromatic N) is 1. The molecule has 0 aliphatic rings. The van der Waals surface area contributed by atoms with Crippen LogP contribution in [0.3, 0.4) is 0 Å². The van der Waals surface area contributed by atoms with Crippen molar-refractivity contribution in [2.24, 2.45) is 5.16 Å². The van der Waals surface area contributed by atoms with Gasteiger partial charge in [0.05, 0.1) is 14.2 Å². The number of benzene rings is 2. The number of ether oxygens (including phenoxy) is 2. The Labute approximate surface area is 111 Å². The van der Waals surface area contributed by atoms with Crippen molar-refractivity contribution in [3.63, 3.8) is 0 Å². The summed E-state index contributed by atoms with van der Waals surface area (Å²) in [5.74, 6) is 1.52. The Hall–Kier alpha value is -2.49. The summed E-state index contributed by atoms with van der Waals surface area (Å²) in [6.45, 7) is 0. The van der Waals surface area contributed by atoms with Crippen LogP contribution < -0.4 is 9.47 Å². The van der Waals surface area contributed by atoms with Crippen LogP contribution in [0.5, 0.6) is 11.5 Å². The van der Waals surface area contributed by atoms with Gasteiger partial charge in [-0.3, -0.25) is 0 Å². The van der Waals surface area contributed by atoms with E-state index in [2.05, 4.69) is 5.16 Å². The zero-order chi connectivity index (χ0) is 13.7. The molecular formula is C15H15NO3. The molecule has 0 bridgehead atoms. The summed E-state index contributed by atoms with van der Waals surface area (Å²) in [4.78, 5) is 0. The Bertz CT molecular complexity index is 509. The van der Waals surface area contributed by atoms with E-state index >= 15 is 0 Å². The fourth-order valence-electron chi connectivity index (χ4n) is 1.78. The predicted molar refractivity (Wildman–Crippen MR) is 73.4 cm³/mol. The largest absolute Gasteiger partial charge is 0.497 e. The van der Waals surface area contributed by atoms with Gasteiger partial charge >= 0.3 is 0 Å². The van der Waals surface area contributed by atoms with E-state index in [-0.39, 0.29) is 0 Å². The first-order chi connectivity index (χ1) is 9.28. The molecule has 0 spiro atoms. The molecule has 0 fully saturated rings. The molecule has 0 radical (unpaired) electrons. The van der Waals surface area contributed by atoms with Gasteiger partial charge in [-0.15, -0.1) is 0 Å². The molecule has 2 aromatic carbocycles. The second-order valence-electron chi connectivity index (χ2n) is 3.91. The van der Waals surface area contributed by atoms with Crippen LogP contribution in [0.4, 0.5) is 0 Å². The lowest BCUT2D eigenvalue weighted by Gasteiger charge is -2.07. The highest BCUT2D eigenvalue weighted by Crippen LogP contribution is 2.18. The first-order valence-electron chi connectivity index (χ1n) is 5.79. The van der Waals surface area contributed by atoms with Gasteiger partial charge in [0.15, 0.2) is 0 Å². The van der Waals surface area contributed by atoms with Crippen molar-refractivity contribution in [1.82, 2.24) is 0 Å². The third-order valence-corrected chi connectivity index (χ3v) is 2.83. The Morgan fingerprint density at radius 3 is 1.42 bits per heavy atom. The van der Waals surface area contributed by atoms with Crippen molar-refractivity contribution >= 4 is 5.71 Å². The van der Waals surface area contributed by atoms with Crippen LogP contribution in [0.25, 0.3) is 0 Å². The van der Waals surface area contributed by atoms with E-state index < -0.39 is 0 Å². The number of hydrogen-bond acceptors (Lipinski definition) is 4. The Morgan fingerprint density at radius 2 is 1.16 bits per heavy atom. The normalized spacial score (nSPS) is 9.79. The standard InChI is InChI=1S/C15H15NO3/c1-18-13-7-3-11(4-8-13)15(16-17)12-5-9-14(19-2)10-6-12/h3-10,17H,1-2H3. The van der Waals surface area contributed by atoms with Crippen LogP contribution in [0.15, 0.2) is 53.7 Å². The molecule has 1 N–H and O–H groups in total. The van der Waals surface area contributed by atoms with E-state index in [1.54, 1.807) is 14.2 Å². The quantitative estimate of drug-likeness (QED) is 0.520. The van der Waals surface area contributed by atoms with Gasteiger partial charge in [0, 0.05) is 11.1 Å². The lowest BCUT2D eigenvalue weighted by atomic mass is 10.0. The summed E-state index contributed by atoms with van der Waals surface area (Å²) in [5, 5.41) is 12.6. The van der Waals surface area contributed by atoms with Crippen LogP contribution in [0.1, 0.15) is 11.1 Å². The molecule has 98 valence electrons. The SMILES string of the molecule is COc1ccc(C(=NO)c2ccc(OC)cc2)cc1. The van der Waals surface area contributed by atoms with Crippen LogP contribution >= 0.6 is 0 Å². The molecule has 0 atom stereocenters. The maximum atomic E-state index is 9.21. The fourth-order valence-corrected chi connectivity index (χ4v) is 1.78. The van der Waals surface area contributed by atoms with Gasteiger partial charge in [0.2, 0.25) is 0 Å². The average molecular weight is 257 g/mol. The number of hydrogen-bond donors (Lipinski definition) is 1. The van der Waals surface area contributed by atoms with E-state index in [1.165, 1.54) is 0 Å². The third kappa shape index (κ3) is 2.85. The van der Waals surface area contributed by atoms with E-state index in [9.17, 15) is 5.21 Å². The summed E-state index contributed by atoms with van der Waals surface area (Å²) in [6, 6.07) is 14.7. The first-order valence-corrected chi connectivity index (χ1v) is 5.79. The summed E-state index contributed by atoms with van der Waals surface area (Å²) in [5.41, 5.74) is 2.13. The second kappa shape index (κ2) is 5.91. The first kappa shape index (κ1) is 13.0. The number of methoxy groups -OCH3 is 2. The Kier molecular flexibility index (Phi) is 4.03. The van der Waals surface area contributed by atoms with Gasteiger partial charge < -0.3 is 14.7 Å². The highest BCUT2D eigenvalue weighted by molar-refractivity contribution is 6.12. The minimum Gasteiger partial charge on any atom is -0.497 e. The van der Waals surface area contributed by atoms with E-state index in [0.717, 1.165) is 22.6 Å². The van der Waals surface area contributed by atoms with Gasteiger partial charge in [0.1, 0.15) is 17.2 Å². The van der Waals surface area contributed by atoms with Gasteiger partial charge in [-0.2, -0.15) is 0 Å². The van der Waals surface area contributed by atoms with Crippen molar-refractivity contribution in [2.75, 3.05) is 14.2 Å². The Morgan fingerprint density at radius 1 is 0.789 bits per heavy atom. The second-order valence-corrected chi connectivity index (χ2v) is 3.91. The van der Waals surface area contributed by atoms with Crippen molar-refractivity contribution in [3.05, 3.63) is 59.7 Å². The van der Waals surface area contributed by atoms with E-state index in [0.29, 0.717) is 5.71 Å². The van der Waals surface area contributed by atoms with Crippen molar-refractivity contribution in [3.8, 4) is 11.5 Å². The van der Waals surface area contributed by atoms with Gasteiger partial charge in [-0.25, -0.2) is 0 Å². The lowest BCUT2D eigenvalue weighted by molar-refractivity contribution is 0.319. The molecule has 0 aromatic heterocycles. The van der Waals surface area contributed by atoms with Gasteiger partial charge in [-0.1, -0.05) is 5.16 Å². The molecule has 0 unspecified atom stereocenters. The molecular weight excluding hydrogens is 242 g/mol. The van der Waals surface area contributed by atoms with E-state index in [1.807, 2.05) is 48.5 Å². The monoisotopic (exact) mass is 257 g/mol. The summed E-state index contributed by atoms with van der Waals surface area (Å²) in [6.07, 6.45) is 0. The molecule has 2 aromatic rings. The van der Waals surface area contributed by atoms with Crippen LogP contribution in [0.2, 0.25) is 0 Å². The van der Waals surface area contributed by atoms with Crippen LogP contribution in [-0.4, -0.2) is 25.1 Å². The molecule has 0 saturated carbocycles. The maximum absolute atomic E-state index is 9.21. The Balaban J connectivity index is 2.32. The molecule has 0 amide bonds. The highest BCUT2D eigenvalue weighted by Gasteiger charge is 2.08. The number of oxime groups is 1. The molecule has 0 heterocycles. The zero-order valence-electron chi connectivity index (χ0n) is 10.8. The predicted octanol–water partition coefficient (Wildman–Crippen LogP) is 2.93. The minimum absolute atomic E-state index is 0.505. The summed E-state index contributed by atoms with van der Waals surface area (Å²) in [7, 11) is 3.22. The average Bonchev–Trinajstić information content (AvgIpc) is 2.49. The van der Waals surface area contributed by atoms with Gasteiger partial charge in [-0.05, 0) is 48.5 Å².